The molecule has 0 unspecified atom stereocenters. The van der Waals surface area contributed by atoms with Crippen molar-refractivity contribution in [3.05, 3.63) is 30.6 Å². The van der Waals surface area contributed by atoms with Gasteiger partial charge in [0.05, 0.1) is 6.61 Å². The number of pyridine rings is 1. The molecule has 1 rings (SSSR count). The van der Waals surface area contributed by atoms with Gasteiger partial charge in [0.15, 0.2) is 0 Å². The number of nitrogens with zero attached hydrogens (tertiary/aromatic N) is 1. The highest BCUT2D eigenvalue weighted by Gasteiger charge is 1.97. The summed E-state index contributed by atoms with van der Waals surface area (Å²) in [6.07, 6.45) is 3.50. The molecule has 0 spiro atoms. The van der Waals surface area contributed by atoms with Crippen molar-refractivity contribution in [2.45, 2.75) is 13.8 Å². The number of ether oxygens (including phenoxy) is 2. The predicted molar refractivity (Wildman–Crippen MR) is 57.4 cm³/mol. The second-order valence-corrected chi connectivity index (χ2v) is 2.47. The Kier molecular flexibility index (Phi) is 9.65. The van der Waals surface area contributed by atoms with Gasteiger partial charge in [0.25, 0.3) is 0 Å². The normalized spacial score (nSPS) is 8.67. The van der Waals surface area contributed by atoms with Crippen molar-refractivity contribution < 1.29 is 14.3 Å². The van der Waals surface area contributed by atoms with Crippen molar-refractivity contribution in [2.24, 2.45) is 0 Å². The lowest BCUT2D eigenvalue weighted by Crippen LogP contribution is -2.11. The zero-order valence-corrected chi connectivity index (χ0v) is 9.18. The molecule has 0 bridgehead atoms. The summed E-state index contributed by atoms with van der Waals surface area (Å²) < 4.78 is 9.35. The third kappa shape index (κ3) is 10.5. The van der Waals surface area contributed by atoms with Gasteiger partial charge in [-0.15, -0.1) is 0 Å². The molecule has 0 saturated heterocycles. The number of hydrogen-bond donors (Lipinski definition) is 0. The summed E-state index contributed by atoms with van der Waals surface area (Å²) in [5.74, 6) is -0.292. The van der Waals surface area contributed by atoms with Crippen molar-refractivity contribution in [1.82, 2.24) is 4.98 Å². The number of esters is 1. The average molecular weight is 211 g/mol. The molecule has 0 radical (unpaired) electrons. The van der Waals surface area contributed by atoms with Crippen LogP contribution >= 0.6 is 0 Å². The molecule has 0 N–H and O–H groups in total. The average Bonchev–Trinajstić information content (AvgIpc) is 2.30. The molecule has 84 valence electrons. The summed E-state index contributed by atoms with van der Waals surface area (Å²) >= 11 is 0. The van der Waals surface area contributed by atoms with Gasteiger partial charge >= 0.3 is 5.97 Å². The number of hydrogen-bond acceptors (Lipinski definition) is 4. The van der Waals surface area contributed by atoms with Gasteiger partial charge in [-0.25, -0.2) is 4.79 Å². The highest BCUT2D eigenvalue weighted by Crippen LogP contribution is 1.79. The SMILES string of the molecule is CCOCC(=O)OCC.c1ccncc1. The molecule has 0 fully saturated rings. The molecule has 0 aromatic carbocycles. The highest BCUT2D eigenvalue weighted by molar-refractivity contribution is 5.70. The molecule has 1 aromatic rings. The van der Waals surface area contributed by atoms with E-state index in [1.807, 2.05) is 25.1 Å². The number of rotatable bonds is 4. The van der Waals surface area contributed by atoms with Gasteiger partial charge in [0.1, 0.15) is 6.61 Å². The Bertz CT molecular complexity index is 212. The van der Waals surface area contributed by atoms with Crippen LogP contribution in [-0.4, -0.2) is 30.8 Å². The molecule has 0 aliphatic heterocycles. The van der Waals surface area contributed by atoms with Crippen molar-refractivity contribution in [1.29, 1.82) is 0 Å². The van der Waals surface area contributed by atoms with Crippen LogP contribution < -0.4 is 0 Å². The van der Waals surface area contributed by atoms with Gasteiger partial charge in [-0.3, -0.25) is 4.98 Å². The molecule has 0 saturated carbocycles. The molecule has 4 heteroatoms. The van der Waals surface area contributed by atoms with E-state index >= 15 is 0 Å². The summed E-state index contributed by atoms with van der Waals surface area (Å²) in [7, 11) is 0. The monoisotopic (exact) mass is 211 g/mol. The van der Waals surface area contributed by atoms with E-state index in [0.717, 1.165) is 0 Å². The first-order chi connectivity index (χ1) is 7.31. The highest BCUT2D eigenvalue weighted by atomic mass is 16.6. The molecular weight excluding hydrogens is 194 g/mol. The first-order valence-corrected chi connectivity index (χ1v) is 4.89. The maximum Gasteiger partial charge on any atom is 0.332 e. The topological polar surface area (TPSA) is 48.4 Å². The van der Waals surface area contributed by atoms with E-state index in [-0.39, 0.29) is 12.6 Å². The summed E-state index contributed by atoms with van der Waals surface area (Å²) in [5.41, 5.74) is 0. The smallest absolute Gasteiger partial charge is 0.332 e. The van der Waals surface area contributed by atoms with E-state index in [2.05, 4.69) is 9.72 Å². The number of carbonyl (C=O) groups excluding carboxylic acids is 1. The third-order valence-electron chi connectivity index (χ3n) is 1.30. The first-order valence-electron chi connectivity index (χ1n) is 4.89. The van der Waals surface area contributed by atoms with Crippen molar-refractivity contribution >= 4 is 5.97 Å². The molecule has 0 aliphatic rings. The Morgan fingerprint density at radius 1 is 1.13 bits per heavy atom. The fourth-order valence-electron chi connectivity index (χ4n) is 0.701. The van der Waals surface area contributed by atoms with E-state index in [9.17, 15) is 4.79 Å². The van der Waals surface area contributed by atoms with Crippen molar-refractivity contribution in [3.8, 4) is 0 Å². The van der Waals surface area contributed by atoms with Crippen LogP contribution in [0.3, 0.4) is 0 Å². The Morgan fingerprint density at radius 2 is 1.80 bits per heavy atom. The van der Waals surface area contributed by atoms with Crippen LogP contribution in [0.15, 0.2) is 30.6 Å². The van der Waals surface area contributed by atoms with Gasteiger partial charge in [-0.05, 0) is 26.0 Å². The minimum Gasteiger partial charge on any atom is -0.464 e. The molecule has 0 atom stereocenters. The fraction of sp³-hybridized carbons (Fsp3) is 0.455. The summed E-state index contributed by atoms with van der Waals surface area (Å²) in [5, 5.41) is 0. The third-order valence-corrected chi connectivity index (χ3v) is 1.30. The van der Waals surface area contributed by atoms with Crippen LogP contribution in [0, 0.1) is 0 Å². The minimum atomic E-state index is -0.292. The van der Waals surface area contributed by atoms with E-state index < -0.39 is 0 Å². The summed E-state index contributed by atoms with van der Waals surface area (Å²) in [4.78, 5) is 14.2. The standard InChI is InChI=1S/C6H12O3.C5H5N/c1-3-8-5-6(7)9-4-2;1-2-4-6-5-3-1/h3-5H2,1-2H3;1-5H. The molecule has 1 aromatic heterocycles. The molecule has 15 heavy (non-hydrogen) atoms. The van der Waals surface area contributed by atoms with Gasteiger partial charge in [-0.2, -0.15) is 0 Å². The van der Waals surface area contributed by atoms with E-state index in [1.54, 1.807) is 19.3 Å². The summed E-state index contributed by atoms with van der Waals surface area (Å²) in [6.45, 7) is 4.65. The lowest BCUT2D eigenvalue weighted by Gasteiger charge is -1.99. The lowest BCUT2D eigenvalue weighted by atomic mass is 10.5. The van der Waals surface area contributed by atoms with Crippen LogP contribution in [0.2, 0.25) is 0 Å². The number of aromatic nitrogens is 1. The predicted octanol–water partition coefficient (Wildman–Crippen LogP) is 1.67. The zero-order valence-electron chi connectivity index (χ0n) is 9.18. The Hall–Kier alpha value is -1.42. The molecule has 1 heterocycles. The lowest BCUT2D eigenvalue weighted by molar-refractivity contribution is -0.148. The first kappa shape index (κ1) is 13.6. The fourth-order valence-corrected chi connectivity index (χ4v) is 0.701. The molecule has 0 aliphatic carbocycles. The van der Waals surface area contributed by atoms with Crippen LogP contribution in [0.25, 0.3) is 0 Å². The second kappa shape index (κ2) is 10.7. The Labute approximate surface area is 90.2 Å². The van der Waals surface area contributed by atoms with E-state index in [1.165, 1.54) is 0 Å². The Balaban J connectivity index is 0.000000280. The van der Waals surface area contributed by atoms with Crippen LogP contribution in [-0.2, 0) is 14.3 Å². The number of carbonyl (C=O) groups is 1. The minimum absolute atomic E-state index is 0.0737. The Morgan fingerprint density at radius 3 is 2.13 bits per heavy atom. The van der Waals surface area contributed by atoms with Crippen LogP contribution in [0.5, 0.6) is 0 Å². The second-order valence-electron chi connectivity index (χ2n) is 2.47. The van der Waals surface area contributed by atoms with Crippen molar-refractivity contribution in [2.75, 3.05) is 19.8 Å². The molecule has 0 amide bonds. The van der Waals surface area contributed by atoms with E-state index in [0.29, 0.717) is 13.2 Å². The largest absolute Gasteiger partial charge is 0.464 e. The zero-order chi connectivity index (χ0) is 11.4. The summed E-state index contributed by atoms with van der Waals surface area (Å²) in [6, 6.07) is 5.72. The van der Waals surface area contributed by atoms with Gasteiger partial charge in [0, 0.05) is 19.0 Å². The van der Waals surface area contributed by atoms with Crippen LogP contribution in [0.4, 0.5) is 0 Å². The van der Waals surface area contributed by atoms with E-state index in [4.69, 9.17) is 4.74 Å². The van der Waals surface area contributed by atoms with Crippen LogP contribution in [0.1, 0.15) is 13.8 Å². The van der Waals surface area contributed by atoms with Gasteiger partial charge < -0.3 is 9.47 Å². The molecular formula is C11H17NO3. The quantitative estimate of drug-likeness (QED) is 0.711. The molecule has 4 nitrogen and oxygen atoms in total. The maximum absolute atomic E-state index is 10.5. The van der Waals surface area contributed by atoms with Gasteiger partial charge in [0.2, 0.25) is 0 Å². The maximum atomic E-state index is 10.5. The van der Waals surface area contributed by atoms with Crippen molar-refractivity contribution in [3.63, 3.8) is 0 Å². The van der Waals surface area contributed by atoms with Gasteiger partial charge in [-0.1, -0.05) is 6.07 Å².